The van der Waals surface area contributed by atoms with Gasteiger partial charge in [0.25, 0.3) is 5.56 Å². The molecule has 0 atom stereocenters. The highest BCUT2D eigenvalue weighted by Gasteiger charge is 2.42. The number of tetrazole rings is 1. The van der Waals surface area contributed by atoms with Crippen LogP contribution in [0, 0.1) is 0 Å². The maximum absolute atomic E-state index is 13.2. The first kappa shape index (κ1) is 34.0. The molecule has 0 N–H and O–H groups in total. The molecule has 7 rings (SSSR count). The Morgan fingerprint density at radius 2 is 1.35 bits per heavy atom. The van der Waals surface area contributed by atoms with Gasteiger partial charge < -0.3 is 9.30 Å². The highest BCUT2D eigenvalue weighted by molar-refractivity contribution is 5.89. The predicted octanol–water partition coefficient (Wildman–Crippen LogP) is 7.58. The first-order chi connectivity index (χ1) is 25.5. The minimum Gasteiger partial charge on any atom is -0.465 e. The van der Waals surface area contributed by atoms with Crippen molar-refractivity contribution in [2.75, 3.05) is 7.11 Å². The highest BCUT2D eigenvalue weighted by atomic mass is 16.5. The summed E-state index contributed by atoms with van der Waals surface area (Å²) in [6.45, 7) is 2.36. The second-order valence-corrected chi connectivity index (χ2v) is 12.6. The zero-order valence-electron chi connectivity index (χ0n) is 29.1. The molecule has 258 valence electrons. The van der Waals surface area contributed by atoms with E-state index in [9.17, 15) is 9.59 Å². The lowest BCUT2D eigenvalue weighted by molar-refractivity contribution is 0.0600. The molecule has 9 nitrogen and oxygen atoms in total. The average molecular weight is 687 g/mol. The number of nitrogens with zero attached hydrogens (tertiary/aromatic N) is 6. The van der Waals surface area contributed by atoms with Gasteiger partial charge in [-0.3, -0.25) is 9.78 Å². The Balaban J connectivity index is 1.32. The molecular formula is C43H38N6O3. The zero-order chi connectivity index (χ0) is 35.9. The van der Waals surface area contributed by atoms with Crippen LogP contribution in [0.1, 0.15) is 58.2 Å². The Morgan fingerprint density at radius 1 is 0.750 bits per heavy atom. The summed E-state index contributed by atoms with van der Waals surface area (Å²) in [7, 11) is 1.32. The van der Waals surface area contributed by atoms with E-state index in [4.69, 9.17) is 14.9 Å². The minimum atomic E-state index is -0.899. The van der Waals surface area contributed by atoms with Gasteiger partial charge in [-0.05, 0) is 57.7 Å². The molecule has 4 aromatic carbocycles. The molecule has 0 aliphatic rings. The van der Waals surface area contributed by atoms with Crippen LogP contribution in [0.4, 0.5) is 0 Å². The fourth-order valence-corrected chi connectivity index (χ4v) is 6.89. The Morgan fingerprint density at radius 3 is 1.90 bits per heavy atom. The van der Waals surface area contributed by atoms with Gasteiger partial charge in [0.1, 0.15) is 5.54 Å². The first-order valence-electron chi connectivity index (χ1n) is 17.4. The van der Waals surface area contributed by atoms with Crippen molar-refractivity contribution in [1.29, 1.82) is 0 Å². The standard InChI is InChI=1S/C43H38N6O3/c1-3-4-22-37-27-32(42(51)52-2)28-40(50)48(37)30-36-26-25-31(29-44-36)38-23-14-15-24-39(38)41-45-46-47-49(41)43(33-16-8-5-9-17-33,34-18-10-6-11-19-34)35-20-12-7-13-21-35/h5-21,23-29H,3-4,22,30H2,1-2H3. The molecule has 0 radical (unpaired) electrons. The highest BCUT2D eigenvalue weighted by Crippen LogP contribution is 2.43. The van der Waals surface area contributed by atoms with Crippen molar-refractivity contribution in [2.45, 2.75) is 38.3 Å². The van der Waals surface area contributed by atoms with Crippen LogP contribution < -0.4 is 5.56 Å². The number of hydrogen-bond acceptors (Lipinski definition) is 7. The number of ether oxygens (including phenoxy) is 1. The van der Waals surface area contributed by atoms with Crippen LogP contribution in [-0.4, -0.2) is 42.8 Å². The topological polar surface area (TPSA) is 105 Å². The fraction of sp³-hybridized carbons (Fsp3) is 0.163. The van der Waals surface area contributed by atoms with Crippen molar-refractivity contribution < 1.29 is 9.53 Å². The lowest BCUT2D eigenvalue weighted by atomic mass is 9.77. The van der Waals surface area contributed by atoms with E-state index in [1.807, 2.05) is 102 Å². The number of unbranched alkanes of at least 4 members (excludes halogenated alkanes) is 1. The van der Waals surface area contributed by atoms with Gasteiger partial charge in [-0.25, -0.2) is 9.48 Å². The second-order valence-electron chi connectivity index (χ2n) is 12.6. The lowest BCUT2D eigenvalue weighted by Crippen LogP contribution is -2.39. The van der Waals surface area contributed by atoms with E-state index in [1.54, 1.807) is 10.6 Å². The predicted molar refractivity (Wildman–Crippen MR) is 201 cm³/mol. The third-order valence-electron chi connectivity index (χ3n) is 9.41. The summed E-state index contributed by atoms with van der Waals surface area (Å²) >= 11 is 0. The normalized spacial score (nSPS) is 11.3. The van der Waals surface area contributed by atoms with Crippen molar-refractivity contribution in [1.82, 2.24) is 29.8 Å². The molecule has 0 amide bonds. The number of aryl methyl sites for hydroxylation is 1. The number of aromatic nitrogens is 6. The molecule has 0 aliphatic heterocycles. The van der Waals surface area contributed by atoms with E-state index in [2.05, 4.69) is 53.6 Å². The van der Waals surface area contributed by atoms with Gasteiger partial charge in [-0.1, -0.05) is 135 Å². The van der Waals surface area contributed by atoms with Crippen LogP contribution in [0.3, 0.4) is 0 Å². The number of methoxy groups -OCH3 is 1. The fourth-order valence-electron chi connectivity index (χ4n) is 6.89. The summed E-state index contributed by atoms with van der Waals surface area (Å²) in [6.07, 6.45) is 4.32. The zero-order valence-corrected chi connectivity index (χ0v) is 29.1. The molecular weight excluding hydrogens is 649 g/mol. The summed E-state index contributed by atoms with van der Waals surface area (Å²) in [6, 6.07) is 46.0. The van der Waals surface area contributed by atoms with Crippen LogP contribution in [0.5, 0.6) is 0 Å². The molecule has 0 saturated heterocycles. The maximum atomic E-state index is 13.2. The second kappa shape index (κ2) is 15.2. The van der Waals surface area contributed by atoms with E-state index in [0.717, 1.165) is 51.9 Å². The molecule has 0 aliphatic carbocycles. The van der Waals surface area contributed by atoms with Crippen molar-refractivity contribution in [3.8, 4) is 22.5 Å². The molecule has 0 bridgehead atoms. The summed E-state index contributed by atoms with van der Waals surface area (Å²) in [4.78, 5) is 30.3. The van der Waals surface area contributed by atoms with Gasteiger partial charge in [0.2, 0.25) is 0 Å². The summed E-state index contributed by atoms with van der Waals surface area (Å²) < 4.78 is 8.49. The summed E-state index contributed by atoms with van der Waals surface area (Å²) in [5.74, 6) is 0.0665. The van der Waals surface area contributed by atoms with E-state index in [-0.39, 0.29) is 17.7 Å². The lowest BCUT2D eigenvalue weighted by Gasteiger charge is -2.36. The summed E-state index contributed by atoms with van der Waals surface area (Å²) in [5.41, 5.74) is 6.23. The number of benzene rings is 4. The van der Waals surface area contributed by atoms with Crippen LogP contribution in [-0.2, 0) is 23.2 Å². The van der Waals surface area contributed by atoms with Crippen molar-refractivity contribution in [3.05, 3.63) is 190 Å². The minimum absolute atomic E-state index is 0.257. The van der Waals surface area contributed by atoms with E-state index < -0.39 is 11.5 Å². The van der Waals surface area contributed by atoms with E-state index in [1.165, 1.54) is 13.2 Å². The Kier molecular flexibility index (Phi) is 9.93. The molecule has 3 heterocycles. The number of hydrogen-bond donors (Lipinski definition) is 0. The third-order valence-corrected chi connectivity index (χ3v) is 9.41. The van der Waals surface area contributed by atoms with Gasteiger partial charge in [0.15, 0.2) is 5.82 Å². The third kappa shape index (κ3) is 6.44. The molecule has 0 fully saturated rings. The van der Waals surface area contributed by atoms with Crippen LogP contribution in [0.15, 0.2) is 151 Å². The monoisotopic (exact) mass is 686 g/mol. The average Bonchev–Trinajstić information content (AvgIpc) is 3.69. The van der Waals surface area contributed by atoms with Gasteiger partial charge in [-0.15, -0.1) is 5.10 Å². The Bertz CT molecular complexity index is 2240. The summed E-state index contributed by atoms with van der Waals surface area (Å²) in [5, 5.41) is 13.7. The number of pyridine rings is 2. The van der Waals surface area contributed by atoms with Gasteiger partial charge in [-0.2, -0.15) is 0 Å². The van der Waals surface area contributed by atoms with E-state index in [0.29, 0.717) is 17.9 Å². The SMILES string of the molecule is CCCCc1cc(C(=O)OC)cc(=O)n1Cc1ccc(-c2ccccc2-c2nnnn2C(c2ccccc2)(c2ccccc2)c2ccccc2)cn1. The molecule has 7 aromatic rings. The van der Waals surface area contributed by atoms with Gasteiger partial charge in [0.05, 0.1) is 24.9 Å². The molecule has 0 saturated carbocycles. The first-order valence-corrected chi connectivity index (χ1v) is 17.4. The van der Waals surface area contributed by atoms with Gasteiger partial charge >= 0.3 is 5.97 Å². The smallest absolute Gasteiger partial charge is 0.338 e. The Hall–Kier alpha value is -6.48. The Labute approximate surface area is 302 Å². The van der Waals surface area contributed by atoms with Gasteiger partial charge in [0, 0.05) is 29.1 Å². The quantitative estimate of drug-likeness (QED) is 0.0964. The molecule has 52 heavy (non-hydrogen) atoms. The molecule has 9 heteroatoms. The number of esters is 1. The maximum Gasteiger partial charge on any atom is 0.338 e. The number of rotatable bonds is 12. The van der Waals surface area contributed by atoms with Crippen molar-refractivity contribution >= 4 is 5.97 Å². The van der Waals surface area contributed by atoms with Crippen molar-refractivity contribution in [2.24, 2.45) is 0 Å². The van der Waals surface area contributed by atoms with Crippen LogP contribution in [0.25, 0.3) is 22.5 Å². The number of carbonyl (C=O) groups excluding carboxylic acids is 1. The molecule has 0 unspecified atom stereocenters. The van der Waals surface area contributed by atoms with Crippen LogP contribution in [0.2, 0.25) is 0 Å². The van der Waals surface area contributed by atoms with Crippen LogP contribution >= 0.6 is 0 Å². The van der Waals surface area contributed by atoms with Crippen molar-refractivity contribution in [3.63, 3.8) is 0 Å². The van der Waals surface area contributed by atoms with E-state index >= 15 is 0 Å². The number of carbonyl (C=O) groups is 1. The largest absolute Gasteiger partial charge is 0.465 e. The molecule has 0 spiro atoms. The molecule has 3 aromatic heterocycles.